The van der Waals surface area contributed by atoms with E-state index < -0.39 is 170 Å². The number of nitrogens with zero attached hydrogens (tertiary/aromatic N) is 1. The summed E-state index contributed by atoms with van der Waals surface area (Å²) in [7, 11) is 0. The van der Waals surface area contributed by atoms with Gasteiger partial charge >= 0.3 is 0 Å². The van der Waals surface area contributed by atoms with E-state index in [1.807, 2.05) is 36.4 Å². The molecule has 0 aliphatic carbocycles. The monoisotopic (exact) mass is 722 g/mol. The summed E-state index contributed by atoms with van der Waals surface area (Å²) in [4.78, 5) is 1.50. The highest BCUT2D eigenvalue weighted by atomic mass is 16.3. The number of benzene rings is 9. The van der Waals surface area contributed by atoms with Crippen molar-refractivity contribution in [2.75, 3.05) is 4.90 Å². The van der Waals surface area contributed by atoms with Crippen molar-refractivity contribution in [3.05, 3.63) is 200 Å². The van der Waals surface area contributed by atoms with E-state index in [4.69, 9.17) is 23.9 Å². The average Bonchev–Trinajstić information content (AvgIpc) is 3.98. The Balaban J connectivity index is 1.33. The molecule has 0 aliphatic heterocycles. The quantitative estimate of drug-likeness (QED) is 0.171. The predicted molar refractivity (Wildman–Crippen MR) is 229 cm³/mol. The molecular weight excluding hydrogens is 671 g/mol. The summed E-state index contributed by atoms with van der Waals surface area (Å²) in [5.41, 5.74) is -3.95. The topological polar surface area (TPSA) is 29.5 Å². The molecule has 258 valence electrons. The lowest BCUT2D eigenvalue weighted by Gasteiger charge is -2.27. The predicted octanol–water partition coefficient (Wildman–Crippen LogP) is 15.1. The second-order valence-corrected chi connectivity index (χ2v) is 12.6. The fourth-order valence-electron chi connectivity index (χ4n) is 7.04. The van der Waals surface area contributed by atoms with Gasteiger partial charge < -0.3 is 13.7 Å². The second-order valence-electron chi connectivity index (χ2n) is 12.6. The van der Waals surface area contributed by atoms with Crippen LogP contribution in [0, 0.1) is 0 Å². The highest BCUT2D eigenvalue weighted by molar-refractivity contribution is 6.16. The third-order valence-corrected chi connectivity index (χ3v) is 9.44. The van der Waals surface area contributed by atoms with Crippen molar-refractivity contribution < 1.29 is 34.9 Å². The van der Waals surface area contributed by atoms with Gasteiger partial charge in [-0.3, -0.25) is 0 Å². The molecule has 0 saturated carbocycles. The SMILES string of the molecule is [2H]c1c([2H])c([2H])c(-c2c([2H])c([2H])c(-c3c([2H])c([2H])c([2H])c4oc5c([2H])c([2H])c([2H])c([2H])c5c34)c([2H])c2-c2c([2H])c([2H])c([2H])c(N(c3ccccc3)c3cccc4oc5cc6ccccc6cc5c34)c2[2H])c([2H])c1[2H]. The highest BCUT2D eigenvalue weighted by Gasteiger charge is 2.21. The van der Waals surface area contributed by atoms with E-state index in [0.717, 1.165) is 10.8 Å². The summed E-state index contributed by atoms with van der Waals surface area (Å²) in [5.74, 6) is 0. The summed E-state index contributed by atoms with van der Waals surface area (Å²) < 4.78 is 186. The zero-order valence-corrected chi connectivity index (χ0v) is 28.3. The van der Waals surface area contributed by atoms with Crippen LogP contribution in [0.4, 0.5) is 17.1 Å². The zero-order valence-electron chi connectivity index (χ0n) is 47.3. The van der Waals surface area contributed by atoms with Gasteiger partial charge in [0.05, 0.1) is 37.1 Å². The number of anilines is 3. The molecule has 0 spiro atoms. The van der Waals surface area contributed by atoms with Crippen molar-refractivity contribution in [1.29, 1.82) is 0 Å². The first kappa shape index (κ1) is 17.6. The summed E-state index contributed by atoms with van der Waals surface area (Å²) in [6.45, 7) is 0. The number of hydrogen-bond acceptors (Lipinski definition) is 3. The minimum absolute atomic E-state index is 0.337. The summed E-state index contributed by atoms with van der Waals surface area (Å²) >= 11 is 0. The molecule has 0 unspecified atom stereocenters. The molecule has 11 rings (SSSR count). The first-order valence-electron chi connectivity index (χ1n) is 26.6. The van der Waals surface area contributed by atoms with E-state index in [1.165, 1.54) is 4.90 Å². The van der Waals surface area contributed by atoms with Crippen LogP contribution in [0.5, 0.6) is 0 Å². The smallest absolute Gasteiger partial charge is 0.137 e. The van der Waals surface area contributed by atoms with E-state index in [1.54, 1.807) is 48.5 Å². The molecule has 55 heavy (non-hydrogen) atoms. The molecule has 3 heteroatoms. The fraction of sp³-hybridized carbons (Fsp3) is 0. The molecule has 0 aliphatic rings. The minimum atomic E-state index is -0.975. The zero-order chi connectivity index (χ0) is 52.8. The number of para-hydroxylation sites is 2. The van der Waals surface area contributed by atoms with Gasteiger partial charge in [-0.1, -0.05) is 133 Å². The summed E-state index contributed by atoms with van der Waals surface area (Å²) in [5, 5.41) is 2.12. The average molecular weight is 723 g/mol. The molecule has 9 aromatic carbocycles. The number of furan rings is 2. The third-order valence-electron chi connectivity index (χ3n) is 9.44. The first-order chi connectivity index (χ1) is 35.2. The Morgan fingerprint density at radius 2 is 1.13 bits per heavy atom. The van der Waals surface area contributed by atoms with Crippen LogP contribution >= 0.6 is 0 Å². The van der Waals surface area contributed by atoms with Crippen LogP contribution in [0.1, 0.15) is 26.0 Å². The molecule has 0 bridgehead atoms. The largest absolute Gasteiger partial charge is 0.456 e. The van der Waals surface area contributed by atoms with Crippen LogP contribution in [-0.2, 0) is 0 Å². The maximum Gasteiger partial charge on any atom is 0.137 e. The van der Waals surface area contributed by atoms with Crippen LogP contribution < -0.4 is 4.90 Å². The van der Waals surface area contributed by atoms with E-state index in [0.29, 0.717) is 33.3 Å². The third kappa shape index (κ3) is 5.20. The van der Waals surface area contributed by atoms with Gasteiger partial charge in [-0.2, -0.15) is 0 Å². The van der Waals surface area contributed by atoms with Gasteiger partial charge in [-0.15, -0.1) is 0 Å². The standard InChI is InChI=1S/C52H33NO2/c1-3-14-34(15-4-1)41-29-28-38(42-23-12-26-48-51(42)43-22-9-10-25-47(43)54-48)32-44(41)37-18-11-21-40(30-37)53(39-19-5-2-6-20-39)46-24-13-27-49-52(46)45-31-35-16-7-8-17-36(35)33-50(45)55-49/h1-33H/i1D,3D,4D,9D,10D,11D,12D,14D,15D,18D,21D,22D,23D,25D,26D,28D,29D,30D,32D. The lowest BCUT2D eigenvalue weighted by atomic mass is 9.89. The maximum atomic E-state index is 10.3. The molecular formula is C52H33NO2. The lowest BCUT2D eigenvalue weighted by Crippen LogP contribution is -2.10. The van der Waals surface area contributed by atoms with Crippen molar-refractivity contribution in [3.8, 4) is 33.4 Å². The molecule has 0 saturated heterocycles. The Morgan fingerprint density at radius 3 is 2.02 bits per heavy atom. The van der Waals surface area contributed by atoms with Crippen molar-refractivity contribution >= 4 is 71.7 Å². The fourth-order valence-corrected chi connectivity index (χ4v) is 7.04. The molecule has 0 amide bonds. The van der Waals surface area contributed by atoms with Gasteiger partial charge in [-0.25, -0.2) is 0 Å². The van der Waals surface area contributed by atoms with Crippen LogP contribution in [-0.4, -0.2) is 0 Å². The normalized spacial score (nSPS) is 16.5. The van der Waals surface area contributed by atoms with Crippen LogP contribution in [0.2, 0.25) is 0 Å². The molecule has 3 nitrogen and oxygen atoms in total. The Labute approximate surface area is 344 Å². The van der Waals surface area contributed by atoms with Gasteiger partial charge in [0, 0.05) is 27.5 Å². The molecule has 2 heterocycles. The lowest BCUT2D eigenvalue weighted by molar-refractivity contribution is 0.669. The molecule has 0 fully saturated rings. The Bertz CT molecular complexity index is 4290. The van der Waals surface area contributed by atoms with E-state index in [9.17, 15) is 11.0 Å². The Morgan fingerprint density at radius 1 is 0.400 bits per heavy atom. The molecule has 2 aromatic heterocycles. The van der Waals surface area contributed by atoms with Crippen LogP contribution in [0.3, 0.4) is 0 Å². The Hall–Kier alpha value is -7.36. The van der Waals surface area contributed by atoms with Crippen molar-refractivity contribution in [1.82, 2.24) is 0 Å². The van der Waals surface area contributed by atoms with Gasteiger partial charge in [0.2, 0.25) is 0 Å². The number of fused-ring (bicyclic) bond motifs is 7. The van der Waals surface area contributed by atoms with Crippen LogP contribution in [0.15, 0.2) is 209 Å². The van der Waals surface area contributed by atoms with E-state index in [-0.39, 0.29) is 5.69 Å². The van der Waals surface area contributed by atoms with Gasteiger partial charge in [0.1, 0.15) is 22.3 Å². The van der Waals surface area contributed by atoms with Crippen molar-refractivity contribution in [3.63, 3.8) is 0 Å². The van der Waals surface area contributed by atoms with Gasteiger partial charge in [-0.05, 0) is 111 Å². The molecule has 11 aromatic rings. The minimum Gasteiger partial charge on any atom is -0.456 e. The van der Waals surface area contributed by atoms with E-state index >= 15 is 0 Å². The second kappa shape index (κ2) is 12.6. The molecule has 0 radical (unpaired) electrons. The first-order valence-corrected chi connectivity index (χ1v) is 17.1. The maximum absolute atomic E-state index is 10.3. The molecule has 0 N–H and O–H groups in total. The van der Waals surface area contributed by atoms with Crippen molar-refractivity contribution in [2.45, 2.75) is 0 Å². The van der Waals surface area contributed by atoms with E-state index in [2.05, 4.69) is 0 Å². The summed E-state index contributed by atoms with van der Waals surface area (Å²) in [6.07, 6.45) is 0. The van der Waals surface area contributed by atoms with Crippen molar-refractivity contribution in [2.24, 2.45) is 0 Å². The van der Waals surface area contributed by atoms with Crippen LogP contribution in [0.25, 0.3) is 88.0 Å². The highest BCUT2D eigenvalue weighted by Crippen LogP contribution is 2.46. The summed E-state index contributed by atoms with van der Waals surface area (Å²) in [6, 6.07) is 9.44. The number of rotatable bonds is 6. The Kier molecular flexibility index (Phi) is 4.06. The molecule has 0 atom stereocenters. The van der Waals surface area contributed by atoms with Gasteiger partial charge in [0.15, 0.2) is 0 Å². The van der Waals surface area contributed by atoms with Gasteiger partial charge in [0.25, 0.3) is 0 Å². The number of hydrogen-bond donors (Lipinski definition) is 0.